The Bertz CT molecular complexity index is 658. The number of nitrogens with one attached hydrogen (secondary N) is 2. The number of carbonyl (C=O) groups excluding carboxylic acids is 1. The van der Waals surface area contributed by atoms with Crippen LogP contribution in [0.2, 0.25) is 0 Å². The first-order chi connectivity index (χ1) is 10.3. The number of carbonyl (C=O) groups is 1. The third-order valence-corrected chi connectivity index (χ3v) is 6.99. The number of nitrogens with zero attached hydrogens (tertiary/aromatic N) is 2. The lowest BCUT2D eigenvalue weighted by molar-refractivity contribution is -0.120. The second-order valence-electron chi connectivity index (χ2n) is 5.28. The van der Waals surface area contributed by atoms with Crippen molar-refractivity contribution in [2.75, 3.05) is 29.1 Å². The zero-order valence-electron chi connectivity index (χ0n) is 12.2. The van der Waals surface area contributed by atoms with Gasteiger partial charge in [-0.2, -0.15) is 0 Å². The average molecular weight is 363 g/mol. The van der Waals surface area contributed by atoms with Crippen molar-refractivity contribution in [3.8, 4) is 0 Å². The Morgan fingerprint density at radius 1 is 1.55 bits per heavy atom. The summed E-state index contributed by atoms with van der Waals surface area (Å²) in [5, 5.41) is 14.4. The smallest absolute Gasteiger partial charge is 0.230 e. The summed E-state index contributed by atoms with van der Waals surface area (Å²) < 4.78 is 23.7. The van der Waals surface area contributed by atoms with E-state index in [2.05, 4.69) is 27.4 Å². The van der Waals surface area contributed by atoms with Crippen molar-refractivity contribution in [1.29, 1.82) is 0 Å². The standard InChI is InChI=1S/C12H18N4O3S3/c1-3-5-13-10-15-16-11(21-10)20-7-9(17)14-12(2)4-6-22(18,19)8-12/h3H,1,4-8H2,2H3,(H,13,15)(H,14,17)/t12-/m0/s1. The Hall–Kier alpha value is -1.13. The Morgan fingerprint density at radius 3 is 2.95 bits per heavy atom. The van der Waals surface area contributed by atoms with Crippen LogP contribution >= 0.6 is 23.1 Å². The second kappa shape index (κ2) is 6.97. The van der Waals surface area contributed by atoms with E-state index in [4.69, 9.17) is 0 Å². The van der Waals surface area contributed by atoms with Crippen LogP contribution in [0.1, 0.15) is 13.3 Å². The zero-order chi connectivity index (χ0) is 16.2. The molecule has 2 heterocycles. The highest BCUT2D eigenvalue weighted by atomic mass is 32.2. The van der Waals surface area contributed by atoms with E-state index in [-0.39, 0.29) is 23.2 Å². The Labute approximate surface area is 137 Å². The largest absolute Gasteiger partial charge is 0.357 e. The summed E-state index contributed by atoms with van der Waals surface area (Å²) in [4.78, 5) is 12.0. The van der Waals surface area contributed by atoms with Gasteiger partial charge in [0.2, 0.25) is 11.0 Å². The molecule has 10 heteroatoms. The first-order valence-corrected chi connectivity index (χ1v) is 10.3. The van der Waals surface area contributed by atoms with Gasteiger partial charge in [-0.15, -0.1) is 16.8 Å². The lowest BCUT2D eigenvalue weighted by Gasteiger charge is -2.23. The SMILES string of the molecule is C=CCNc1nnc(SCC(=O)N[C@@]2(C)CCS(=O)(=O)C2)s1. The molecule has 2 rings (SSSR count). The molecule has 1 aromatic rings. The Kier molecular flexibility index (Phi) is 5.45. The fraction of sp³-hybridized carbons (Fsp3) is 0.583. The molecule has 7 nitrogen and oxygen atoms in total. The summed E-state index contributed by atoms with van der Waals surface area (Å²) in [6.45, 7) is 5.97. The summed E-state index contributed by atoms with van der Waals surface area (Å²) >= 11 is 2.64. The summed E-state index contributed by atoms with van der Waals surface area (Å²) in [6, 6.07) is 0. The molecule has 1 aliphatic rings. The minimum Gasteiger partial charge on any atom is -0.357 e. The third kappa shape index (κ3) is 4.96. The van der Waals surface area contributed by atoms with E-state index >= 15 is 0 Å². The van der Waals surface area contributed by atoms with Gasteiger partial charge in [-0.05, 0) is 13.3 Å². The maximum atomic E-state index is 12.0. The maximum Gasteiger partial charge on any atom is 0.230 e. The fourth-order valence-corrected chi connectivity index (χ4v) is 5.76. The van der Waals surface area contributed by atoms with Crippen molar-refractivity contribution >= 4 is 44.0 Å². The first-order valence-electron chi connectivity index (χ1n) is 6.64. The monoisotopic (exact) mass is 362 g/mol. The number of hydrogen-bond acceptors (Lipinski definition) is 8. The van der Waals surface area contributed by atoms with Gasteiger partial charge < -0.3 is 10.6 Å². The molecule has 0 saturated carbocycles. The van der Waals surface area contributed by atoms with Crippen LogP contribution in [0.5, 0.6) is 0 Å². The highest BCUT2D eigenvalue weighted by molar-refractivity contribution is 8.01. The van der Waals surface area contributed by atoms with E-state index in [0.29, 0.717) is 22.4 Å². The van der Waals surface area contributed by atoms with E-state index in [1.54, 1.807) is 13.0 Å². The van der Waals surface area contributed by atoms with Crippen molar-refractivity contribution in [2.45, 2.75) is 23.2 Å². The molecule has 1 aliphatic heterocycles. The molecule has 1 saturated heterocycles. The number of rotatable bonds is 7. The maximum absolute atomic E-state index is 12.0. The molecule has 0 unspecified atom stereocenters. The molecular formula is C12H18N4O3S3. The minimum absolute atomic E-state index is 0.00480. The normalized spacial score (nSPS) is 23.1. The second-order valence-corrected chi connectivity index (χ2v) is 9.67. The van der Waals surface area contributed by atoms with Crippen LogP contribution in [0.4, 0.5) is 5.13 Å². The number of thioether (sulfide) groups is 1. The van der Waals surface area contributed by atoms with Crippen LogP contribution in [-0.4, -0.2) is 53.9 Å². The van der Waals surface area contributed by atoms with E-state index in [9.17, 15) is 13.2 Å². The van der Waals surface area contributed by atoms with Crippen molar-refractivity contribution in [2.24, 2.45) is 0 Å². The highest BCUT2D eigenvalue weighted by Crippen LogP contribution is 2.26. The summed E-state index contributed by atoms with van der Waals surface area (Å²) in [5.41, 5.74) is -0.658. The molecule has 0 aliphatic carbocycles. The quantitative estimate of drug-likeness (QED) is 0.549. The zero-order valence-corrected chi connectivity index (χ0v) is 14.6. The molecule has 1 amide bonds. The molecule has 0 bridgehead atoms. The molecule has 0 spiro atoms. The predicted octanol–water partition coefficient (Wildman–Crippen LogP) is 0.921. The van der Waals surface area contributed by atoms with Gasteiger partial charge >= 0.3 is 0 Å². The van der Waals surface area contributed by atoms with Gasteiger partial charge in [0.25, 0.3) is 0 Å². The molecular weight excluding hydrogens is 344 g/mol. The molecule has 1 atom stereocenters. The van der Waals surface area contributed by atoms with Gasteiger partial charge in [0.1, 0.15) is 0 Å². The third-order valence-electron chi connectivity index (χ3n) is 3.08. The van der Waals surface area contributed by atoms with Crippen LogP contribution in [0.25, 0.3) is 0 Å². The van der Waals surface area contributed by atoms with Gasteiger partial charge in [-0.1, -0.05) is 29.2 Å². The number of aromatic nitrogens is 2. The van der Waals surface area contributed by atoms with E-state index in [1.165, 1.54) is 23.1 Å². The number of amides is 1. The average Bonchev–Trinajstić information content (AvgIpc) is 2.98. The summed E-state index contributed by atoms with van der Waals surface area (Å²) in [5.74, 6) is 0.128. The molecule has 2 N–H and O–H groups in total. The van der Waals surface area contributed by atoms with Crippen molar-refractivity contribution in [3.63, 3.8) is 0 Å². The lowest BCUT2D eigenvalue weighted by Crippen LogP contribution is -2.47. The van der Waals surface area contributed by atoms with Gasteiger partial charge in [-0.3, -0.25) is 4.79 Å². The van der Waals surface area contributed by atoms with Crippen LogP contribution < -0.4 is 10.6 Å². The number of anilines is 1. The predicted molar refractivity (Wildman–Crippen MR) is 89.1 cm³/mol. The lowest BCUT2D eigenvalue weighted by atomic mass is 10.0. The molecule has 1 aromatic heterocycles. The number of hydrogen-bond donors (Lipinski definition) is 2. The van der Waals surface area contributed by atoms with Crippen molar-refractivity contribution < 1.29 is 13.2 Å². The molecule has 0 aromatic carbocycles. The van der Waals surface area contributed by atoms with Gasteiger partial charge in [-0.25, -0.2) is 8.42 Å². The van der Waals surface area contributed by atoms with Crippen LogP contribution in [0.3, 0.4) is 0 Å². The summed E-state index contributed by atoms with van der Waals surface area (Å²) in [6.07, 6.45) is 2.18. The van der Waals surface area contributed by atoms with E-state index in [0.717, 1.165) is 0 Å². The fourth-order valence-electron chi connectivity index (χ4n) is 2.11. The van der Waals surface area contributed by atoms with Crippen LogP contribution in [0.15, 0.2) is 17.0 Å². The molecule has 122 valence electrons. The number of sulfone groups is 1. The molecule has 1 fully saturated rings. The Morgan fingerprint density at radius 2 is 2.32 bits per heavy atom. The molecule has 22 heavy (non-hydrogen) atoms. The van der Waals surface area contributed by atoms with Gasteiger partial charge in [0, 0.05) is 6.54 Å². The van der Waals surface area contributed by atoms with Crippen LogP contribution in [-0.2, 0) is 14.6 Å². The van der Waals surface area contributed by atoms with Gasteiger partial charge in [0.05, 0.1) is 22.8 Å². The highest BCUT2D eigenvalue weighted by Gasteiger charge is 2.39. The van der Waals surface area contributed by atoms with E-state index < -0.39 is 15.4 Å². The van der Waals surface area contributed by atoms with Crippen molar-refractivity contribution in [1.82, 2.24) is 15.5 Å². The van der Waals surface area contributed by atoms with E-state index in [1.807, 2.05) is 0 Å². The first kappa shape index (κ1) is 17.2. The Balaban J connectivity index is 1.80. The molecule has 0 radical (unpaired) electrons. The summed E-state index contributed by atoms with van der Waals surface area (Å²) in [7, 11) is -3.03. The van der Waals surface area contributed by atoms with Crippen molar-refractivity contribution in [3.05, 3.63) is 12.7 Å². The van der Waals surface area contributed by atoms with Crippen LogP contribution in [0, 0.1) is 0 Å². The minimum atomic E-state index is -3.03. The topological polar surface area (TPSA) is 101 Å². The van der Waals surface area contributed by atoms with Gasteiger partial charge in [0.15, 0.2) is 14.2 Å².